The number of rotatable bonds is 5. The lowest BCUT2D eigenvalue weighted by molar-refractivity contribution is -0.140. The molecule has 0 aliphatic heterocycles. The van der Waals surface area contributed by atoms with E-state index in [2.05, 4.69) is 0 Å². The Hall–Kier alpha value is -1.56. The van der Waals surface area contributed by atoms with Gasteiger partial charge in [-0.15, -0.1) is 0 Å². The molecule has 1 saturated carbocycles. The van der Waals surface area contributed by atoms with Crippen LogP contribution in [0.15, 0.2) is 24.3 Å². The lowest BCUT2D eigenvalue weighted by Gasteiger charge is -2.24. The van der Waals surface area contributed by atoms with Gasteiger partial charge in [-0.05, 0) is 24.5 Å². The van der Waals surface area contributed by atoms with Crippen LogP contribution < -0.4 is 5.73 Å². The molecule has 0 aromatic heterocycles. The Morgan fingerprint density at radius 2 is 1.95 bits per heavy atom. The van der Waals surface area contributed by atoms with Gasteiger partial charge in [0.15, 0.2) is 0 Å². The van der Waals surface area contributed by atoms with Crippen LogP contribution in [0, 0.1) is 0 Å². The first-order valence-electron chi connectivity index (χ1n) is 6.58. The van der Waals surface area contributed by atoms with Gasteiger partial charge in [0.2, 0.25) is 5.91 Å². The Morgan fingerprint density at radius 1 is 1.30 bits per heavy atom. The summed E-state index contributed by atoms with van der Waals surface area (Å²) in [5.41, 5.74) is 4.81. The van der Waals surface area contributed by atoms with Crippen LogP contribution in [0.1, 0.15) is 30.4 Å². The number of carbonyl (C=O) groups is 1. The molecular weight excluding hydrogens is 269 g/mol. The van der Waals surface area contributed by atoms with Gasteiger partial charge in [0.25, 0.3) is 0 Å². The molecule has 1 amide bonds. The third-order valence-corrected chi connectivity index (χ3v) is 3.33. The Morgan fingerprint density at radius 3 is 2.50 bits per heavy atom. The van der Waals surface area contributed by atoms with Crippen LogP contribution in [0.4, 0.5) is 13.2 Å². The summed E-state index contributed by atoms with van der Waals surface area (Å²) in [6, 6.07) is 5.45. The van der Waals surface area contributed by atoms with Crippen LogP contribution in [-0.2, 0) is 17.5 Å². The summed E-state index contributed by atoms with van der Waals surface area (Å²) in [5, 5.41) is 0. The standard InChI is InChI=1S/C14H17F3N2O/c15-14(16,17)12-4-2-1-3-10(12)9-19(11-5-6-11)13(20)7-8-18/h1-4,11H,5-9,18H2. The Bertz CT molecular complexity index is 484. The van der Waals surface area contributed by atoms with E-state index in [9.17, 15) is 18.0 Å². The molecule has 3 nitrogen and oxygen atoms in total. The number of carbonyl (C=O) groups excluding carboxylic acids is 1. The van der Waals surface area contributed by atoms with Crippen LogP contribution in [0.25, 0.3) is 0 Å². The van der Waals surface area contributed by atoms with Gasteiger partial charge < -0.3 is 10.6 Å². The van der Waals surface area contributed by atoms with E-state index >= 15 is 0 Å². The summed E-state index contributed by atoms with van der Waals surface area (Å²) in [6.07, 6.45) is -2.53. The molecule has 6 heteroatoms. The normalized spacial score (nSPS) is 15.2. The Balaban J connectivity index is 2.21. The van der Waals surface area contributed by atoms with Crippen LogP contribution in [0.5, 0.6) is 0 Å². The van der Waals surface area contributed by atoms with Crippen LogP contribution in [0.3, 0.4) is 0 Å². The average molecular weight is 286 g/mol. The molecule has 2 N–H and O–H groups in total. The van der Waals surface area contributed by atoms with E-state index in [1.54, 1.807) is 6.07 Å². The second-order valence-corrected chi connectivity index (χ2v) is 4.95. The Labute approximate surface area is 115 Å². The van der Waals surface area contributed by atoms with E-state index in [1.807, 2.05) is 0 Å². The third kappa shape index (κ3) is 3.50. The van der Waals surface area contributed by atoms with Crippen molar-refractivity contribution in [1.29, 1.82) is 0 Å². The summed E-state index contributed by atoms with van der Waals surface area (Å²) >= 11 is 0. The molecule has 0 saturated heterocycles. The first-order chi connectivity index (χ1) is 9.43. The van der Waals surface area contributed by atoms with Crippen molar-refractivity contribution in [3.63, 3.8) is 0 Å². The molecule has 1 aromatic rings. The van der Waals surface area contributed by atoms with Crippen LogP contribution in [-0.4, -0.2) is 23.4 Å². The summed E-state index contributed by atoms with van der Waals surface area (Å²) in [5.74, 6) is -0.174. The zero-order valence-electron chi connectivity index (χ0n) is 11.0. The minimum absolute atomic E-state index is 0.000810. The molecule has 1 aromatic carbocycles. The van der Waals surface area contributed by atoms with Crippen molar-refractivity contribution in [2.75, 3.05) is 6.54 Å². The van der Waals surface area contributed by atoms with E-state index in [4.69, 9.17) is 5.73 Å². The molecule has 20 heavy (non-hydrogen) atoms. The minimum Gasteiger partial charge on any atom is -0.335 e. The molecular formula is C14H17F3N2O. The minimum atomic E-state index is -4.40. The first kappa shape index (κ1) is 14.8. The van der Waals surface area contributed by atoms with Gasteiger partial charge in [0.1, 0.15) is 0 Å². The van der Waals surface area contributed by atoms with Gasteiger partial charge in [-0.1, -0.05) is 18.2 Å². The number of nitrogens with two attached hydrogens (primary N) is 1. The molecule has 0 unspecified atom stereocenters. The van der Waals surface area contributed by atoms with Crippen LogP contribution in [0.2, 0.25) is 0 Å². The maximum Gasteiger partial charge on any atom is 0.416 e. The monoisotopic (exact) mass is 286 g/mol. The number of hydrogen-bond acceptors (Lipinski definition) is 2. The lowest BCUT2D eigenvalue weighted by Crippen LogP contribution is -2.34. The summed E-state index contributed by atoms with van der Waals surface area (Å²) in [6.45, 7) is 0.210. The topological polar surface area (TPSA) is 46.3 Å². The second kappa shape index (κ2) is 5.83. The fourth-order valence-corrected chi connectivity index (χ4v) is 2.19. The average Bonchev–Trinajstić information content (AvgIpc) is 3.19. The van der Waals surface area contributed by atoms with Gasteiger partial charge in [0.05, 0.1) is 5.56 Å². The number of nitrogens with zero attached hydrogens (tertiary/aromatic N) is 1. The number of halogens is 3. The smallest absolute Gasteiger partial charge is 0.335 e. The molecule has 1 aliphatic carbocycles. The predicted octanol–water partition coefficient (Wildman–Crippen LogP) is 2.55. The maximum absolute atomic E-state index is 12.9. The number of alkyl halides is 3. The first-order valence-corrected chi connectivity index (χ1v) is 6.58. The van der Waals surface area contributed by atoms with Gasteiger partial charge in [-0.25, -0.2) is 0 Å². The van der Waals surface area contributed by atoms with Gasteiger partial charge >= 0.3 is 6.18 Å². The third-order valence-electron chi connectivity index (χ3n) is 3.33. The maximum atomic E-state index is 12.9. The van der Waals surface area contributed by atoms with E-state index in [1.165, 1.54) is 17.0 Å². The van der Waals surface area contributed by atoms with Crippen molar-refractivity contribution >= 4 is 5.91 Å². The highest BCUT2D eigenvalue weighted by molar-refractivity contribution is 5.77. The fraction of sp³-hybridized carbons (Fsp3) is 0.500. The van der Waals surface area contributed by atoms with Crippen LogP contribution >= 0.6 is 0 Å². The highest BCUT2D eigenvalue weighted by atomic mass is 19.4. The SMILES string of the molecule is NCCC(=O)N(Cc1ccccc1C(F)(F)F)C1CC1. The van der Waals surface area contributed by atoms with Crippen molar-refractivity contribution in [2.24, 2.45) is 5.73 Å². The Kier molecular flexibility index (Phi) is 4.32. The number of amides is 1. The largest absolute Gasteiger partial charge is 0.416 e. The molecule has 0 spiro atoms. The number of hydrogen-bond donors (Lipinski definition) is 1. The second-order valence-electron chi connectivity index (χ2n) is 4.95. The van der Waals surface area contributed by atoms with Gasteiger partial charge in [0, 0.05) is 25.6 Å². The van der Waals surface area contributed by atoms with Gasteiger partial charge in [-0.3, -0.25) is 4.79 Å². The highest BCUT2D eigenvalue weighted by Gasteiger charge is 2.36. The summed E-state index contributed by atoms with van der Waals surface area (Å²) in [7, 11) is 0. The molecule has 1 fully saturated rings. The molecule has 2 rings (SSSR count). The van der Waals surface area contributed by atoms with E-state index in [0.717, 1.165) is 18.9 Å². The van der Waals surface area contributed by atoms with Crippen molar-refractivity contribution in [3.05, 3.63) is 35.4 Å². The molecule has 0 heterocycles. The zero-order valence-corrected chi connectivity index (χ0v) is 11.0. The number of benzene rings is 1. The van der Waals surface area contributed by atoms with Gasteiger partial charge in [-0.2, -0.15) is 13.2 Å². The zero-order chi connectivity index (χ0) is 14.8. The molecule has 110 valence electrons. The highest BCUT2D eigenvalue weighted by Crippen LogP contribution is 2.34. The van der Waals surface area contributed by atoms with E-state index in [0.29, 0.717) is 0 Å². The van der Waals surface area contributed by atoms with E-state index < -0.39 is 11.7 Å². The van der Waals surface area contributed by atoms with Crippen molar-refractivity contribution < 1.29 is 18.0 Å². The van der Waals surface area contributed by atoms with Crippen molar-refractivity contribution in [2.45, 2.75) is 38.0 Å². The molecule has 0 radical (unpaired) electrons. The molecule has 0 bridgehead atoms. The summed E-state index contributed by atoms with van der Waals surface area (Å²) < 4.78 is 38.8. The van der Waals surface area contributed by atoms with Crippen molar-refractivity contribution in [1.82, 2.24) is 4.90 Å². The predicted molar refractivity (Wildman–Crippen MR) is 68.7 cm³/mol. The lowest BCUT2D eigenvalue weighted by atomic mass is 10.1. The molecule has 0 atom stereocenters. The fourth-order valence-electron chi connectivity index (χ4n) is 2.19. The molecule has 1 aliphatic rings. The van der Waals surface area contributed by atoms with Crippen molar-refractivity contribution in [3.8, 4) is 0 Å². The van der Waals surface area contributed by atoms with E-state index in [-0.39, 0.29) is 37.0 Å². The summed E-state index contributed by atoms with van der Waals surface area (Å²) in [4.78, 5) is 13.5. The quantitative estimate of drug-likeness (QED) is 0.904.